The summed E-state index contributed by atoms with van der Waals surface area (Å²) in [5.74, 6) is 0.274. The molecule has 0 aromatic carbocycles. The van der Waals surface area contributed by atoms with Gasteiger partial charge in [0.05, 0.1) is 6.54 Å². The summed E-state index contributed by atoms with van der Waals surface area (Å²) >= 11 is 0. The first kappa shape index (κ1) is 15.8. The van der Waals surface area contributed by atoms with Gasteiger partial charge in [-0.25, -0.2) is 4.79 Å². The molecule has 0 heterocycles. The molecule has 0 aromatic rings. The van der Waals surface area contributed by atoms with Crippen molar-refractivity contribution in [1.29, 1.82) is 0 Å². The van der Waals surface area contributed by atoms with Crippen LogP contribution in [0.1, 0.15) is 46.5 Å². The smallest absolute Gasteiger partial charge is 0.315 e. The number of amides is 3. The second-order valence-electron chi connectivity index (χ2n) is 6.25. The van der Waals surface area contributed by atoms with E-state index in [1.807, 2.05) is 13.8 Å². The summed E-state index contributed by atoms with van der Waals surface area (Å²) in [4.78, 5) is 23.0. The summed E-state index contributed by atoms with van der Waals surface area (Å²) in [5, 5.41) is 8.20. The third-order valence-electron chi connectivity index (χ3n) is 3.60. The van der Waals surface area contributed by atoms with Crippen LogP contribution in [0, 0.1) is 11.3 Å². The van der Waals surface area contributed by atoms with E-state index < -0.39 is 0 Å². The molecular weight excluding hydrogens is 242 g/mol. The van der Waals surface area contributed by atoms with Crippen LogP contribution in [0.15, 0.2) is 0 Å². The minimum Gasteiger partial charge on any atom is -0.354 e. The second-order valence-corrected chi connectivity index (χ2v) is 6.25. The van der Waals surface area contributed by atoms with Crippen LogP contribution in [0.5, 0.6) is 0 Å². The monoisotopic (exact) mass is 269 g/mol. The Balaban J connectivity index is 2.12. The van der Waals surface area contributed by atoms with E-state index in [1.54, 1.807) is 0 Å². The van der Waals surface area contributed by atoms with Crippen LogP contribution in [0.4, 0.5) is 4.79 Å². The summed E-state index contributed by atoms with van der Waals surface area (Å²) in [6.45, 7) is 7.63. The average molecular weight is 269 g/mol. The third kappa shape index (κ3) is 6.45. The highest BCUT2D eigenvalue weighted by molar-refractivity contribution is 5.83. The summed E-state index contributed by atoms with van der Waals surface area (Å²) < 4.78 is 0. The van der Waals surface area contributed by atoms with E-state index in [9.17, 15) is 9.59 Å². The van der Waals surface area contributed by atoms with Crippen LogP contribution in [0.3, 0.4) is 0 Å². The van der Waals surface area contributed by atoms with E-state index in [0.29, 0.717) is 19.0 Å². The van der Waals surface area contributed by atoms with Crippen molar-refractivity contribution in [2.45, 2.75) is 46.5 Å². The van der Waals surface area contributed by atoms with Crippen LogP contribution in [0.25, 0.3) is 0 Å². The van der Waals surface area contributed by atoms with Crippen molar-refractivity contribution in [3.05, 3.63) is 0 Å². The molecule has 0 radical (unpaired) electrons. The maximum Gasteiger partial charge on any atom is 0.315 e. The fourth-order valence-electron chi connectivity index (χ4n) is 2.30. The van der Waals surface area contributed by atoms with Crippen molar-refractivity contribution in [2.24, 2.45) is 11.3 Å². The molecule has 5 nitrogen and oxygen atoms in total. The van der Waals surface area contributed by atoms with Crippen molar-refractivity contribution in [2.75, 3.05) is 19.6 Å². The van der Waals surface area contributed by atoms with Gasteiger partial charge in [0, 0.05) is 13.1 Å². The highest BCUT2D eigenvalue weighted by Crippen LogP contribution is 2.36. The molecule has 3 amide bonds. The van der Waals surface area contributed by atoms with Crippen molar-refractivity contribution in [3.63, 3.8) is 0 Å². The zero-order valence-corrected chi connectivity index (χ0v) is 12.3. The highest BCUT2D eigenvalue weighted by Gasteiger charge is 2.28. The molecule has 1 fully saturated rings. The van der Waals surface area contributed by atoms with Gasteiger partial charge in [-0.3, -0.25) is 4.79 Å². The Morgan fingerprint density at radius 3 is 2.32 bits per heavy atom. The second kappa shape index (κ2) is 7.36. The SMILES string of the molecule is CC(C)CNC(=O)CNC(=O)NCC1(C)CCCC1. The van der Waals surface area contributed by atoms with Gasteiger partial charge < -0.3 is 16.0 Å². The maximum absolute atomic E-state index is 11.6. The average Bonchev–Trinajstić information content (AvgIpc) is 2.79. The van der Waals surface area contributed by atoms with E-state index in [-0.39, 0.29) is 23.9 Å². The lowest BCUT2D eigenvalue weighted by molar-refractivity contribution is -0.120. The van der Waals surface area contributed by atoms with E-state index in [1.165, 1.54) is 25.7 Å². The molecule has 1 rings (SSSR count). The zero-order valence-electron chi connectivity index (χ0n) is 12.3. The topological polar surface area (TPSA) is 70.2 Å². The van der Waals surface area contributed by atoms with Gasteiger partial charge in [0.2, 0.25) is 5.91 Å². The molecule has 0 spiro atoms. The Hall–Kier alpha value is -1.26. The molecule has 1 saturated carbocycles. The molecule has 19 heavy (non-hydrogen) atoms. The van der Waals surface area contributed by atoms with Crippen LogP contribution >= 0.6 is 0 Å². The van der Waals surface area contributed by atoms with Crippen molar-refractivity contribution < 1.29 is 9.59 Å². The minimum atomic E-state index is -0.257. The molecule has 0 aliphatic heterocycles. The van der Waals surface area contributed by atoms with Gasteiger partial charge >= 0.3 is 6.03 Å². The van der Waals surface area contributed by atoms with Gasteiger partial charge in [-0.05, 0) is 24.2 Å². The number of rotatable bonds is 6. The van der Waals surface area contributed by atoms with E-state index >= 15 is 0 Å². The Morgan fingerprint density at radius 2 is 1.74 bits per heavy atom. The van der Waals surface area contributed by atoms with Gasteiger partial charge in [0.25, 0.3) is 0 Å². The van der Waals surface area contributed by atoms with E-state index in [0.717, 1.165) is 0 Å². The van der Waals surface area contributed by atoms with Gasteiger partial charge in [0.15, 0.2) is 0 Å². The molecule has 0 saturated heterocycles. The van der Waals surface area contributed by atoms with Crippen LogP contribution in [0.2, 0.25) is 0 Å². The van der Waals surface area contributed by atoms with Crippen molar-refractivity contribution >= 4 is 11.9 Å². The lowest BCUT2D eigenvalue weighted by atomic mass is 9.89. The summed E-state index contributed by atoms with van der Waals surface area (Å²) in [6, 6.07) is -0.257. The van der Waals surface area contributed by atoms with Gasteiger partial charge in [0.1, 0.15) is 0 Å². The van der Waals surface area contributed by atoms with E-state index in [2.05, 4.69) is 22.9 Å². The summed E-state index contributed by atoms with van der Waals surface area (Å²) in [5.41, 5.74) is 0.233. The summed E-state index contributed by atoms with van der Waals surface area (Å²) in [6.07, 6.45) is 4.83. The Bertz CT molecular complexity index is 310. The van der Waals surface area contributed by atoms with Crippen LogP contribution in [-0.4, -0.2) is 31.6 Å². The van der Waals surface area contributed by atoms with Crippen molar-refractivity contribution in [1.82, 2.24) is 16.0 Å². The predicted octanol–water partition coefficient (Wildman–Crippen LogP) is 1.64. The number of carbonyl (C=O) groups is 2. The number of urea groups is 1. The zero-order chi connectivity index (χ0) is 14.3. The van der Waals surface area contributed by atoms with Gasteiger partial charge in [-0.2, -0.15) is 0 Å². The largest absolute Gasteiger partial charge is 0.354 e. The summed E-state index contributed by atoms with van der Waals surface area (Å²) in [7, 11) is 0. The molecule has 0 atom stereocenters. The number of carbonyl (C=O) groups excluding carboxylic acids is 2. The molecule has 0 unspecified atom stereocenters. The normalized spacial score (nSPS) is 17.3. The quantitative estimate of drug-likeness (QED) is 0.686. The maximum atomic E-state index is 11.6. The Kier molecular flexibility index (Phi) is 6.12. The fraction of sp³-hybridized carbons (Fsp3) is 0.857. The predicted molar refractivity (Wildman–Crippen MR) is 75.8 cm³/mol. The van der Waals surface area contributed by atoms with Gasteiger partial charge in [-0.1, -0.05) is 33.6 Å². The van der Waals surface area contributed by atoms with Crippen LogP contribution < -0.4 is 16.0 Å². The number of nitrogens with one attached hydrogen (secondary N) is 3. The van der Waals surface area contributed by atoms with E-state index in [4.69, 9.17) is 0 Å². The molecular formula is C14H27N3O2. The molecule has 3 N–H and O–H groups in total. The first-order valence-electron chi connectivity index (χ1n) is 7.20. The Morgan fingerprint density at radius 1 is 1.11 bits per heavy atom. The first-order chi connectivity index (χ1) is 8.91. The molecule has 0 aromatic heterocycles. The lowest BCUT2D eigenvalue weighted by Crippen LogP contribution is -2.45. The minimum absolute atomic E-state index is 0.0370. The number of hydrogen-bond acceptors (Lipinski definition) is 2. The Labute approximate surface area is 115 Å². The van der Waals surface area contributed by atoms with Crippen molar-refractivity contribution in [3.8, 4) is 0 Å². The first-order valence-corrected chi connectivity index (χ1v) is 7.20. The molecule has 0 bridgehead atoms. The molecule has 1 aliphatic rings. The molecule has 5 heteroatoms. The number of hydrogen-bond donors (Lipinski definition) is 3. The molecule has 1 aliphatic carbocycles. The standard InChI is InChI=1S/C14H27N3O2/c1-11(2)8-15-12(18)9-16-13(19)17-10-14(3)6-4-5-7-14/h11H,4-10H2,1-3H3,(H,15,18)(H2,16,17,19). The fourth-order valence-corrected chi connectivity index (χ4v) is 2.30. The highest BCUT2D eigenvalue weighted by atomic mass is 16.2. The van der Waals surface area contributed by atoms with Gasteiger partial charge in [-0.15, -0.1) is 0 Å². The third-order valence-corrected chi connectivity index (χ3v) is 3.60. The van der Waals surface area contributed by atoms with Crippen LogP contribution in [-0.2, 0) is 4.79 Å². The molecule has 110 valence electrons. The lowest BCUT2D eigenvalue weighted by Gasteiger charge is -2.23.